The topological polar surface area (TPSA) is 80.6 Å². The number of ether oxygens (including phenoxy) is 1. The highest BCUT2D eigenvalue weighted by molar-refractivity contribution is 5.96. The largest absolute Gasteiger partial charge is 0.361 e. The second-order valence-corrected chi connectivity index (χ2v) is 7.72. The van der Waals surface area contributed by atoms with Crippen LogP contribution in [0.3, 0.4) is 0 Å². The summed E-state index contributed by atoms with van der Waals surface area (Å²) in [5.41, 5.74) is 2.39. The fourth-order valence-electron chi connectivity index (χ4n) is 4.13. The van der Waals surface area contributed by atoms with E-state index >= 15 is 0 Å². The van der Waals surface area contributed by atoms with E-state index in [0.29, 0.717) is 42.8 Å². The number of rotatable bonds is 2. The van der Waals surface area contributed by atoms with Crippen LogP contribution in [0.1, 0.15) is 16.8 Å². The minimum absolute atomic E-state index is 0.0240. The maximum Gasteiger partial charge on any atom is 0.255 e. The highest BCUT2D eigenvalue weighted by atomic mass is 16.5. The van der Waals surface area contributed by atoms with Gasteiger partial charge < -0.3 is 14.5 Å². The molecule has 29 heavy (non-hydrogen) atoms. The molecule has 2 fully saturated rings. The van der Waals surface area contributed by atoms with E-state index in [4.69, 9.17) is 4.74 Å². The Balaban J connectivity index is 1.37. The number of likely N-dealkylation sites (tertiary alicyclic amines) is 1. The van der Waals surface area contributed by atoms with Crippen LogP contribution in [0.2, 0.25) is 0 Å². The lowest BCUT2D eigenvalue weighted by Crippen LogP contribution is -2.54. The minimum atomic E-state index is -0.468. The lowest BCUT2D eigenvalue weighted by atomic mass is 10.0. The smallest absolute Gasteiger partial charge is 0.255 e. The molecule has 0 bridgehead atoms. The third-order valence-electron chi connectivity index (χ3n) is 5.73. The molecule has 1 spiro atoms. The average molecular weight is 391 g/mol. The molecule has 2 aliphatic heterocycles. The second kappa shape index (κ2) is 6.66. The van der Waals surface area contributed by atoms with E-state index in [1.807, 2.05) is 34.9 Å². The van der Waals surface area contributed by atoms with Crippen molar-refractivity contribution >= 4 is 23.0 Å². The number of hydrogen-bond acceptors (Lipinski definition) is 5. The summed E-state index contributed by atoms with van der Waals surface area (Å²) >= 11 is 0. The number of carbonyl (C=O) groups excluding carboxylic acids is 2. The zero-order chi connectivity index (χ0) is 20.0. The first-order chi connectivity index (χ1) is 14.0. The molecule has 0 N–H and O–H groups in total. The zero-order valence-corrected chi connectivity index (χ0v) is 16.1. The quantitative estimate of drug-likeness (QED) is 0.661. The summed E-state index contributed by atoms with van der Waals surface area (Å²) in [6, 6.07) is 11.6. The number of imidazole rings is 1. The van der Waals surface area contributed by atoms with Gasteiger partial charge in [-0.05, 0) is 24.6 Å². The molecule has 0 radical (unpaired) electrons. The van der Waals surface area contributed by atoms with Gasteiger partial charge in [0.05, 0.1) is 18.7 Å². The van der Waals surface area contributed by atoms with Crippen molar-refractivity contribution in [2.75, 3.05) is 33.3 Å². The summed E-state index contributed by atoms with van der Waals surface area (Å²) in [6.45, 7) is 1.65. The predicted octanol–water partition coefficient (Wildman–Crippen LogP) is 1.49. The Kier molecular flexibility index (Phi) is 4.09. The van der Waals surface area contributed by atoms with Gasteiger partial charge in [-0.3, -0.25) is 14.2 Å². The number of nitrogens with zero attached hydrogens (tertiary/aromatic N) is 5. The van der Waals surface area contributed by atoms with Crippen LogP contribution in [0.15, 0.2) is 48.9 Å². The molecule has 2 saturated heterocycles. The fraction of sp³-hybridized carbons (Fsp3) is 0.333. The Bertz CT molecular complexity index is 1100. The predicted molar refractivity (Wildman–Crippen MR) is 106 cm³/mol. The van der Waals surface area contributed by atoms with Crippen LogP contribution in [0, 0.1) is 0 Å². The van der Waals surface area contributed by atoms with E-state index in [1.165, 1.54) is 0 Å². The van der Waals surface area contributed by atoms with Crippen molar-refractivity contribution in [3.63, 3.8) is 0 Å². The van der Waals surface area contributed by atoms with Crippen molar-refractivity contribution in [3.8, 4) is 5.69 Å². The summed E-state index contributed by atoms with van der Waals surface area (Å²) < 4.78 is 7.73. The molecular formula is C21H21N5O3. The first kappa shape index (κ1) is 17.8. The number of carbonyl (C=O) groups is 2. The Hall–Kier alpha value is -3.26. The molecule has 0 saturated carbocycles. The number of morpholine rings is 1. The number of para-hydroxylation sites is 1. The van der Waals surface area contributed by atoms with E-state index in [2.05, 4.69) is 9.97 Å². The SMILES string of the molecule is CN1CC2(CCN(C(=O)c3cnc4c(c3)ncn4-c3ccccc3)C2)OCC1=O. The monoisotopic (exact) mass is 391 g/mol. The van der Waals surface area contributed by atoms with E-state index in [1.54, 1.807) is 35.4 Å². The molecule has 4 heterocycles. The number of aromatic nitrogens is 3. The van der Waals surface area contributed by atoms with Crippen LogP contribution >= 0.6 is 0 Å². The zero-order valence-electron chi connectivity index (χ0n) is 16.1. The fourth-order valence-corrected chi connectivity index (χ4v) is 4.13. The van der Waals surface area contributed by atoms with Gasteiger partial charge in [-0.1, -0.05) is 18.2 Å². The highest BCUT2D eigenvalue weighted by Crippen LogP contribution is 2.30. The molecular weight excluding hydrogens is 370 g/mol. The van der Waals surface area contributed by atoms with Crippen molar-refractivity contribution in [2.24, 2.45) is 0 Å². The highest BCUT2D eigenvalue weighted by Gasteiger charge is 2.45. The first-order valence-electron chi connectivity index (χ1n) is 9.60. The summed E-state index contributed by atoms with van der Waals surface area (Å²) in [5.74, 6) is -0.113. The first-order valence-corrected chi connectivity index (χ1v) is 9.60. The maximum absolute atomic E-state index is 13.1. The molecule has 2 aliphatic rings. The van der Waals surface area contributed by atoms with E-state index in [9.17, 15) is 9.59 Å². The summed E-state index contributed by atoms with van der Waals surface area (Å²) in [4.78, 5) is 37.1. The van der Waals surface area contributed by atoms with Crippen LogP contribution in [0.25, 0.3) is 16.9 Å². The molecule has 1 unspecified atom stereocenters. The van der Waals surface area contributed by atoms with Crippen LogP contribution in [-0.2, 0) is 9.53 Å². The number of benzene rings is 1. The number of amides is 2. The van der Waals surface area contributed by atoms with Gasteiger partial charge in [0.1, 0.15) is 24.1 Å². The summed E-state index contributed by atoms with van der Waals surface area (Å²) in [6.07, 6.45) is 4.04. The summed E-state index contributed by atoms with van der Waals surface area (Å²) in [5, 5.41) is 0. The van der Waals surface area contributed by atoms with Crippen molar-refractivity contribution in [1.29, 1.82) is 0 Å². The van der Waals surface area contributed by atoms with Crippen LogP contribution in [0.5, 0.6) is 0 Å². The summed E-state index contributed by atoms with van der Waals surface area (Å²) in [7, 11) is 1.78. The van der Waals surface area contributed by atoms with Crippen molar-refractivity contribution in [1.82, 2.24) is 24.3 Å². The number of hydrogen-bond donors (Lipinski definition) is 0. The van der Waals surface area contributed by atoms with Gasteiger partial charge in [-0.25, -0.2) is 9.97 Å². The molecule has 1 atom stereocenters. The third-order valence-corrected chi connectivity index (χ3v) is 5.73. The Morgan fingerprint density at radius 2 is 2.00 bits per heavy atom. The van der Waals surface area contributed by atoms with Gasteiger partial charge in [-0.2, -0.15) is 0 Å². The van der Waals surface area contributed by atoms with Gasteiger partial charge in [0.25, 0.3) is 5.91 Å². The Morgan fingerprint density at radius 1 is 1.17 bits per heavy atom. The van der Waals surface area contributed by atoms with Gasteiger partial charge in [0, 0.05) is 25.5 Å². The molecule has 2 aromatic heterocycles. The van der Waals surface area contributed by atoms with Crippen molar-refractivity contribution in [2.45, 2.75) is 12.0 Å². The average Bonchev–Trinajstić information content (AvgIpc) is 3.35. The molecule has 2 amide bonds. The van der Waals surface area contributed by atoms with Crippen LogP contribution in [-0.4, -0.2) is 75.0 Å². The molecule has 5 rings (SSSR count). The standard InChI is InChI=1S/C21H21N5O3/c1-24-12-21(29-11-18(24)27)7-8-25(13-21)20(28)15-9-17-19(22-10-15)26(14-23-17)16-5-3-2-4-6-16/h2-6,9-10,14H,7-8,11-13H2,1H3. The Labute approximate surface area is 167 Å². The van der Waals surface area contributed by atoms with Gasteiger partial charge in [0.2, 0.25) is 5.91 Å². The number of likely N-dealkylation sites (N-methyl/N-ethyl adjacent to an activating group) is 1. The molecule has 148 valence electrons. The normalized spacial score (nSPS) is 22.0. The molecule has 3 aromatic rings. The molecule has 8 nitrogen and oxygen atoms in total. The molecule has 0 aliphatic carbocycles. The number of pyridine rings is 1. The second-order valence-electron chi connectivity index (χ2n) is 7.72. The van der Waals surface area contributed by atoms with Crippen LogP contribution < -0.4 is 0 Å². The third kappa shape index (κ3) is 3.05. The van der Waals surface area contributed by atoms with Crippen molar-refractivity contribution < 1.29 is 14.3 Å². The van der Waals surface area contributed by atoms with Gasteiger partial charge in [-0.15, -0.1) is 0 Å². The van der Waals surface area contributed by atoms with E-state index in [-0.39, 0.29) is 18.4 Å². The van der Waals surface area contributed by atoms with E-state index in [0.717, 1.165) is 5.69 Å². The minimum Gasteiger partial charge on any atom is -0.361 e. The van der Waals surface area contributed by atoms with E-state index < -0.39 is 5.60 Å². The number of fused-ring (bicyclic) bond motifs is 1. The molecule has 8 heteroatoms. The lowest BCUT2D eigenvalue weighted by molar-refractivity contribution is -0.158. The maximum atomic E-state index is 13.1. The Morgan fingerprint density at radius 3 is 2.79 bits per heavy atom. The van der Waals surface area contributed by atoms with Gasteiger partial charge in [0.15, 0.2) is 5.65 Å². The van der Waals surface area contributed by atoms with Gasteiger partial charge >= 0.3 is 0 Å². The molecule has 1 aromatic carbocycles. The van der Waals surface area contributed by atoms with Crippen molar-refractivity contribution in [3.05, 3.63) is 54.5 Å². The lowest BCUT2D eigenvalue weighted by Gasteiger charge is -2.38. The van der Waals surface area contributed by atoms with Crippen LogP contribution in [0.4, 0.5) is 0 Å².